The molecule has 0 bridgehead atoms. The summed E-state index contributed by atoms with van der Waals surface area (Å²) >= 11 is 0. The van der Waals surface area contributed by atoms with Crippen molar-refractivity contribution >= 4 is 5.91 Å². The Morgan fingerprint density at radius 1 is 1.32 bits per heavy atom. The van der Waals surface area contributed by atoms with Crippen molar-refractivity contribution in [2.24, 2.45) is 0 Å². The van der Waals surface area contributed by atoms with Crippen LogP contribution in [-0.4, -0.2) is 36.4 Å². The molecule has 2 aromatic rings. The Kier molecular flexibility index (Phi) is 6.02. The molecule has 118 valence electrons. The fourth-order valence-electron chi connectivity index (χ4n) is 1.82. The van der Waals surface area contributed by atoms with Crippen molar-refractivity contribution in [1.82, 2.24) is 15.5 Å². The Morgan fingerprint density at radius 3 is 2.82 bits per heavy atom. The van der Waals surface area contributed by atoms with Gasteiger partial charge in [-0.05, 0) is 30.7 Å². The van der Waals surface area contributed by atoms with Crippen molar-refractivity contribution in [3.05, 3.63) is 36.0 Å². The molecule has 0 aliphatic heterocycles. The Hall–Kier alpha value is -2.28. The molecule has 1 N–H and O–H groups in total. The fourth-order valence-corrected chi connectivity index (χ4v) is 1.82. The van der Waals surface area contributed by atoms with Gasteiger partial charge in [-0.1, -0.05) is 0 Å². The molecular weight excluding hydrogens is 289 g/mol. The fraction of sp³-hybridized carbons (Fsp3) is 0.400. The van der Waals surface area contributed by atoms with Crippen LogP contribution in [0.2, 0.25) is 0 Å². The van der Waals surface area contributed by atoms with Crippen molar-refractivity contribution in [3.8, 4) is 11.5 Å². The number of hydrogen-bond donors (Lipinski definition) is 1. The maximum Gasteiger partial charge on any atom is 0.247 e. The summed E-state index contributed by atoms with van der Waals surface area (Å²) in [7, 11) is 1.62. The molecule has 0 radical (unpaired) electrons. The molecule has 1 aromatic heterocycles. The van der Waals surface area contributed by atoms with Gasteiger partial charge in [0, 0.05) is 38.7 Å². The number of rotatable bonds is 8. The number of aromatic nitrogens is 2. The summed E-state index contributed by atoms with van der Waals surface area (Å²) in [5.74, 6) is 0.299. The quantitative estimate of drug-likeness (QED) is 0.754. The van der Waals surface area contributed by atoms with Crippen molar-refractivity contribution in [2.75, 3.05) is 20.3 Å². The van der Waals surface area contributed by atoms with Crippen LogP contribution in [0.1, 0.15) is 18.7 Å². The zero-order valence-electron chi connectivity index (χ0n) is 12.3. The van der Waals surface area contributed by atoms with Gasteiger partial charge in [-0.2, -0.15) is 0 Å². The van der Waals surface area contributed by atoms with E-state index in [0.717, 1.165) is 6.42 Å². The summed E-state index contributed by atoms with van der Waals surface area (Å²) in [6.45, 7) is 1.20. The minimum Gasteiger partial charge on any atom is -0.421 e. The van der Waals surface area contributed by atoms with Gasteiger partial charge in [0.1, 0.15) is 5.82 Å². The smallest absolute Gasteiger partial charge is 0.247 e. The average Bonchev–Trinajstić information content (AvgIpc) is 2.99. The van der Waals surface area contributed by atoms with Crippen LogP contribution in [0.4, 0.5) is 4.39 Å². The van der Waals surface area contributed by atoms with Gasteiger partial charge in [-0.15, -0.1) is 10.2 Å². The first-order valence-corrected chi connectivity index (χ1v) is 7.03. The van der Waals surface area contributed by atoms with Crippen molar-refractivity contribution in [1.29, 1.82) is 0 Å². The topological polar surface area (TPSA) is 77.2 Å². The number of hydrogen-bond acceptors (Lipinski definition) is 5. The van der Waals surface area contributed by atoms with E-state index in [4.69, 9.17) is 9.15 Å². The molecule has 1 aromatic carbocycles. The second-order valence-electron chi connectivity index (χ2n) is 4.70. The zero-order valence-corrected chi connectivity index (χ0v) is 12.3. The lowest BCUT2D eigenvalue weighted by molar-refractivity contribution is -0.121. The van der Waals surface area contributed by atoms with Crippen LogP contribution in [0, 0.1) is 5.82 Å². The van der Waals surface area contributed by atoms with Crippen LogP contribution < -0.4 is 5.32 Å². The summed E-state index contributed by atoms with van der Waals surface area (Å²) in [4.78, 5) is 11.6. The highest BCUT2D eigenvalue weighted by Crippen LogP contribution is 2.18. The molecule has 2 rings (SSSR count). The lowest BCUT2D eigenvalue weighted by Gasteiger charge is -2.03. The number of methoxy groups -OCH3 is 1. The molecule has 0 atom stereocenters. The van der Waals surface area contributed by atoms with Crippen LogP contribution in [0.25, 0.3) is 11.5 Å². The van der Waals surface area contributed by atoms with Gasteiger partial charge in [0.2, 0.25) is 17.7 Å². The molecule has 0 aliphatic carbocycles. The van der Waals surface area contributed by atoms with Gasteiger partial charge < -0.3 is 14.5 Å². The van der Waals surface area contributed by atoms with Crippen LogP contribution in [-0.2, 0) is 16.0 Å². The Morgan fingerprint density at radius 2 is 2.09 bits per heavy atom. The van der Waals surface area contributed by atoms with Crippen molar-refractivity contribution in [2.45, 2.75) is 19.3 Å². The van der Waals surface area contributed by atoms with Crippen molar-refractivity contribution in [3.63, 3.8) is 0 Å². The number of nitrogens with zero attached hydrogens (tertiary/aromatic N) is 2. The molecule has 1 heterocycles. The van der Waals surface area contributed by atoms with Gasteiger partial charge in [0.25, 0.3) is 0 Å². The van der Waals surface area contributed by atoms with Gasteiger partial charge in [-0.25, -0.2) is 4.39 Å². The van der Waals surface area contributed by atoms with E-state index < -0.39 is 0 Å². The first kappa shape index (κ1) is 16.1. The molecule has 1 amide bonds. The molecule has 0 aliphatic rings. The maximum atomic E-state index is 12.8. The molecule has 22 heavy (non-hydrogen) atoms. The number of halogens is 1. The second kappa shape index (κ2) is 8.23. The number of carbonyl (C=O) groups is 1. The van der Waals surface area contributed by atoms with E-state index in [1.165, 1.54) is 12.1 Å². The number of carbonyl (C=O) groups excluding carboxylic acids is 1. The van der Waals surface area contributed by atoms with Gasteiger partial charge in [0.05, 0.1) is 0 Å². The van der Waals surface area contributed by atoms with Crippen molar-refractivity contribution < 1.29 is 18.3 Å². The summed E-state index contributed by atoms with van der Waals surface area (Å²) in [5, 5.41) is 10.6. The molecule has 0 saturated heterocycles. The monoisotopic (exact) mass is 307 g/mol. The summed E-state index contributed by atoms with van der Waals surface area (Å²) in [6, 6.07) is 5.78. The van der Waals surface area contributed by atoms with E-state index in [-0.39, 0.29) is 18.1 Å². The first-order valence-electron chi connectivity index (χ1n) is 7.03. The number of benzene rings is 1. The summed E-state index contributed by atoms with van der Waals surface area (Å²) in [6.07, 6.45) is 1.42. The average molecular weight is 307 g/mol. The highest BCUT2D eigenvalue weighted by atomic mass is 19.1. The van der Waals surface area contributed by atoms with Crippen LogP contribution >= 0.6 is 0 Å². The normalized spacial score (nSPS) is 10.6. The van der Waals surface area contributed by atoms with E-state index in [9.17, 15) is 9.18 Å². The predicted octanol–water partition coefficient (Wildman–Crippen LogP) is 1.96. The lowest BCUT2D eigenvalue weighted by Crippen LogP contribution is -2.25. The summed E-state index contributed by atoms with van der Waals surface area (Å²) < 4.78 is 23.2. The minimum atomic E-state index is -0.325. The van der Waals surface area contributed by atoms with Crippen LogP contribution in [0.3, 0.4) is 0 Å². The Bertz CT molecular complexity index is 598. The standard InChI is InChI=1S/C15H18FN3O3/c1-21-10-2-9-17-13(20)7-8-14-18-19-15(22-14)11-3-5-12(16)6-4-11/h3-6H,2,7-10H2,1H3,(H,17,20). The predicted molar refractivity (Wildman–Crippen MR) is 77.5 cm³/mol. The molecule has 0 unspecified atom stereocenters. The number of ether oxygens (including phenoxy) is 1. The SMILES string of the molecule is COCCCNC(=O)CCc1nnc(-c2ccc(F)cc2)o1. The summed E-state index contributed by atoms with van der Waals surface area (Å²) in [5.41, 5.74) is 0.643. The minimum absolute atomic E-state index is 0.0716. The van der Waals surface area contributed by atoms with E-state index >= 15 is 0 Å². The van der Waals surface area contributed by atoms with Crippen LogP contribution in [0.15, 0.2) is 28.7 Å². The third-order valence-electron chi connectivity index (χ3n) is 2.97. The molecule has 0 spiro atoms. The first-order chi connectivity index (χ1) is 10.7. The van der Waals surface area contributed by atoms with Gasteiger partial charge >= 0.3 is 0 Å². The number of aryl methyl sites for hydroxylation is 1. The lowest BCUT2D eigenvalue weighted by atomic mass is 10.2. The molecule has 0 saturated carbocycles. The van der Waals surface area contributed by atoms with E-state index in [1.807, 2.05) is 0 Å². The number of nitrogens with one attached hydrogen (secondary N) is 1. The van der Waals surface area contributed by atoms with E-state index in [1.54, 1.807) is 19.2 Å². The highest BCUT2D eigenvalue weighted by molar-refractivity contribution is 5.75. The van der Waals surface area contributed by atoms with Crippen LogP contribution in [0.5, 0.6) is 0 Å². The molecule has 7 heteroatoms. The highest BCUT2D eigenvalue weighted by Gasteiger charge is 2.10. The Balaban J connectivity index is 1.79. The molecular formula is C15H18FN3O3. The number of amides is 1. The largest absolute Gasteiger partial charge is 0.421 e. The zero-order chi connectivity index (χ0) is 15.8. The van der Waals surface area contributed by atoms with E-state index in [2.05, 4.69) is 15.5 Å². The maximum absolute atomic E-state index is 12.8. The van der Waals surface area contributed by atoms with Gasteiger partial charge in [0.15, 0.2) is 0 Å². The second-order valence-corrected chi connectivity index (χ2v) is 4.70. The third-order valence-corrected chi connectivity index (χ3v) is 2.97. The molecule has 0 fully saturated rings. The third kappa shape index (κ3) is 4.92. The Labute approximate surface area is 127 Å². The molecule has 6 nitrogen and oxygen atoms in total. The van der Waals surface area contributed by atoms with E-state index in [0.29, 0.717) is 36.9 Å². The van der Waals surface area contributed by atoms with Gasteiger partial charge in [-0.3, -0.25) is 4.79 Å².